The lowest BCUT2D eigenvalue weighted by molar-refractivity contribution is 0.415. The molecule has 0 saturated heterocycles. The molecule has 0 aliphatic heterocycles. The quantitative estimate of drug-likeness (QED) is 0.750. The van der Waals surface area contributed by atoms with Crippen LogP contribution in [0.2, 0.25) is 0 Å². The largest absolute Gasteiger partial charge is 0.497 e. The third kappa shape index (κ3) is 1.93. The van der Waals surface area contributed by atoms with Gasteiger partial charge in [-0.05, 0) is 23.8 Å². The van der Waals surface area contributed by atoms with Crippen molar-refractivity contribution >= 4 is 5.88 Å². The van der Waals surface area contributed by atoms with Gasteiger partial charge in [-0.1, -0.05) is 17.3 Å². The first-order chi connectivity index (χ1) is 9.29. The Balaban J connectivity index is 2.16. The number of aromatic amines is 1. The Labute approximate surface area is 109 Å². The van der Waals surface area contributed by atoms with E-state index < -0.39 is 0 Å². The summed E-state index contributed by atoms with van der Waals surface area (Å²) in [6.45, 7) is 0. The number of H-pyrrole nitrogens is 1. The maximum atomic E-state index is 5.87. The Hall–Kier alpha value is -2.76. The molecule has 2 aromatic heterocycles. The van der Waals surface area contributed by atoms with Crippen molar-refractivity contribution in [3.05, 3.63) is 36.5 Å². The van der Waals surface area contributed by atoms with E-state index in [9.17, 15) is 0 Å². The maximum absolute atomic E-state index is 5.87. The van der Waals surface area contributed by atoms with Crippen LogP contribution in [0.5, 0.6) is 5.75 Å². The van der Waals surface area contributed by atoms with Crippen LogP contribution in [-0.2, 0) is 0 Å². The van der Waals surface area contributed by atoms with Gasteiger partial charge in [-0.15, -0.1) is 0 Å². The average Bonchev–Trinajstić information content (AvgIpc) is 3.07. The fraction of sp³-hybridized carbons (Fsp3) is 0.0769. The van der Waals surface area contributed by atoms with E-state index in [1.54, 1.807) is 19.4 Å². The normalized spacial score (nSPS) is 10.6. The van der Waals surface area contributed by atoms with Crippen LogP contribution < -0.4 is 10.5 Å². The van der Waals surface area contributed by atoms with Crippen molar-refractivity contribution in [2.75, 3.05) is 12.8 Å². The lowest BCUT2D eigenvalue weighted by atomic mass is 10.0. The molecule has 0 bridgehead atoms. The Morgan fingerprint density at radius 1 is 1.32 bits per heavy atom. The molecule has 96 valence electrons. The zero-order chi connectivity index (χ0) is 13.2. The molecule has 6 nitrogen and oxygen atoms in total. The molecule has 0 amide bonds. The Kier molecular flexibility index (Phi) is 2.68. The highest BCUT2D eigenvalue weighted by Gasteiger charge is 2.18. The molecular formula is C13H12N4O2. The van der Waals surface area contributed by atoms with Crippen molar-refractivity contribution in [2.45, 2.75) is 0 Å². The number of rotatable bonds is 3. The molecule has 0 aliphatic rings. The number of nitrogens with zero attached hydrogens (tertiary/aromatic N) is 2. The lowest BCUT2D eigenvalue weighted by Crippen LogP contribution is -1.89. The molecule has 0 aliphatic carbocycles. The van der Waals surface area contributed by atoms with Gasteiger partial charge >= 0.3 is 0 Å². The zero-order valence-corrected chi connectivity index (χ0v) is 10.3. The van der Waals surface area contributed by atoms with Gasteiger partial charge < -0.3 is 15.0 Å². The smallest absolute Gasteiger partial charge is 0.230 e. The van der Waals surface area contributed by atoms with Crippen LogP contribution in [0.25, 0.3) is 22.5 Å². The van der Waals surface area contributed by atoms with Crippen molar-refractivity contribution in [1.82, 2.24) is 15.4 Å². The predicted molar refractivity (Wildman–Crippen MR) is 70.5 cm³/mol. The second-order valence-corrected chi connectivity index (χ2v) is 3.97. The molecule has 1 aromatic carbocycles. The minimum Gasteiger partial charge on any atom is -0.497 e. The monoisotopic (exact) mass is 256 g/mol. The molecule has 19 heavy (non-hydrogen) atoms. The van der Waals surface area contributed by atoms with Crippen molar-refractivity contribution in [3.8, 4) is 28.3 Å². The van der Waals surface area contributed by atoms with Crippen LogP contribution >= 0.6 is 0 Å². The molecule has 0 unspecified atom stereocenters. The van der Waals surface area contributed by atoms with E-state index in [0.29, 0.717) is 5.69 Å². The van der Waals surface area contributed by atoms with Crippen LogP contribution in [0.15, 0.2) is 41.1 Å². The lowest BCUT2D eigenvalue weighted by Gasteiger charge is -2.04. The molecule has 0 saturated carbocycles. The summed E-state index contributed by atoms with van der Waals surface area (Å²) in [6, 6.07) is 9.36. The summed E-state index contributed by atoms with van der Waals surface area (Å²) in [7, 11) is 1.62. The Morgan fingerprint density at radius 3 is 2.95 bits per heavy atom. The summed E-state index contributed by atoms with van der Waals surface area (Å²) in [5.41, 5.74) is 8.85. The summed E-state index contributed by atoms with van der Waals surface area (Å²) >= 11 is 0. The third-order valence-corrected chi connectivity index (χ3v) is 2.83. The predicted octanol–water partition coefficient (Wildman–Crippen LogP) is 2.32. The highest BCUT2D eigenvalue weighted by atomic mass is 16.5. The van der Waals surface area contributed by atoms with Crippen molar-refractivity contribution in [1.29, 1.82) is 0 Å². The van der Waals surface area contributed by atoms with Crippen molar-refractivity contribution in [3.63, 3.8) is 0 Å². The molecule has 3 rings (SSSR count). The topological polar surface area (TPSA) is 90.0 Å². The van der Waals surface area contributed by atoms with Crippen LogP contribution in [0.4, 0.5) is 5.88 Å². The maximum Gasteiger partial charge on any atom is 0.230 e. The number of hydrogen-bond acceptors (Lipinski definition) is 5. The number of benzene rings is 1. The number of hydrogen-bond donors (Lipinski definition) is 2. The second kappa shape index (κ2) is 4.49. The van der Waals surface area contributed by atoms with Gasteiger partial charge in [0.15, 0.2) is 0 Å². The molecule has 3 aromatic rings. The molecule has 0 atom stereocenters. The zero-order valence-electron chi connectivity index (χ0n) is 10.3. The number of nitrogens with one attached hydrogen (secondary N) is 1. The first kappa shape index (κ1) is 11.3. The summed E-state index contributed by atoms with van der Waals surface area (Å²) in [4.78, 5) is 0. The molecule has 0 radical (unpaired) electrons. The number of ether oxygens (including phenoxy) is 1. The highest BCUT2D eigenvalue weighted by Crippen LogP contribution is 2.36. The van der Waals surface area contributed by atoms with E-state index in [0.717, 1.165) is 22.6 Å². The second-order valence-electron chi connectivity index (χ2n) is 3.97. The highest BCUT2D eigenvalue weighted by molar-refractivity contribution is 5.86. The van der Waals surface area contributed by atoms with Crippen molar-refractivity contribution < 1.29 is 9.26 Å². The molecule has 0 spiro atoms. The minimum absolute atomic E-state index is 0.262. The number of anilines is 1. The molecular weight excluding hydrogens is 244 g/mol. The van der Waals surface area contributed by atoms with Gasteiger partial charge in [0.25, 0.3) is 0 Å². The summed E-state index contributed by atoms with van der Waals surface area (Å²) in [5, 5.41) is 10.7. The standard InChI is InChI=1S/C13H12N4O2/c1-18-9-4-2-3-8(7-9)11-12(17-19-13(11)14)10-5-6-15-16-10/h2-7H,14H2,1H3,(H,15,16). The number of aromatic nitrogens is 3. The molecule has 6 heteroatoms. The van der Waals surface area contributed by atoms with Gasteiger partial charge in [0.05, 0.1) is 18.4 Å². The average molecular weight is 256 g/mol. The van der Waals surface area contributed by atoms with E-state index in [1.165, 1.54) is 0 Å². The van der Waals surface area contributed by atoms with Crippen molar-refractivity contribution in [2.24, 2.45) is 0 Å². The molecule has 3 N–H and O–H groups in total. The van der Waals surface area contributed by atoms with Crippen LogP contribution in [0.3, 0.4) is 0 Å². The SMILES string of the molecule is COc1cccc(-c2c(-c3ccn[nH]3)noc2N)c1. The third-order valence-electron chi connectivity index (χ3n) is 2.83. The molecule has 2 heterocycles. The Morgan fingerprint density at radius 2 is 2.21 bits per heavy atom. The number of nitrogens with two attached hydrogens (primary N) is 1. The summed E-state index contributed by atoms with van der Waals surface area (Å²) in [5.74, 6) is 1.01. The van der Waals surface area contributed by atoms with Crippen LogP contribution in [0.1, 0.15) is 0 Å². The van der Waals surface area contributed by atoms with E-state index in [-0.39, 0.29) is 5.88 Å². The summed E-state index contributed by atoms with van der Waals surface area (Å²) in [6.07, 6.45) is 1.65. The fourth-order valence-corrected chi connectivity index (χ4v) is 1.93. The van der Waals surface area contributed by atoms with Gasteiger partial charge in [-0.25, -0.2) is 0 Å². The van der Waals surface area contributed by atoms with Gasteiger partial charge in [0.1, 0.15) is 11.4 Å². The van der Waals surface area contributed by atoms with Gasteiger partial charge in [0.2, 0.25) is 5.88 Å². The number of methoxy groups -OCH3 is 1. The van der Waals surface area contributed by atoms with E-state index in [4.69, 9.17) is 15.0 Å². The summed E-state index contributed by atoms with van der Waals surface area (Å²) < 4.78 is 10.3. The van der Waals surface area contributed by atoms with Crippen LogP contribution in [0, 0.1) is 0 Å². The molecule has 0 fully saturated rings. The van der Waals surface area contributed by atoms with Gasteiger partial charge in [-0.2, -0.15) is 5.10 Å². The first-order valence-electron chi connectivity index (χ1n) is 5.69. The van der Waals surface area contributed by atoms with E-state index >= 15 is 0 Å². The first-order valence-corrected chi connectivity index (χ1v) is 5.69. The minimum atomic E-state index is 0.262. The van der Waals surface area contributed by atoms with E-state index in [2.05, 4.69) is 15.4 Å². The van der Waals surface area contributed by atoms with Gasteiger partial charge in [-0.3, -0.25) is 5.10 Å². The van der Waals surface area contributed by atoms with Crippen LogP contribution in [-0.4, -0.2) is 22.5 Å². The van der Waals surface area contributed by atoms with Gasteiger partial charge in [0, 0.05) is 6.20 Å². The Bertz CT molecular complexity index is 688. The number of nitrogen functional groups attached to an aromatic ring is 1. The fourth-order valence-electron chi connectivity index (χ4n) is 1.93. The van der Waals surface area contributed by atoms with E-state index in [1.807, 2.05) is 24.3 Å².